The van der Waals surface area contributed by atoms with Crippen molar-refractivity contribution < 1.29 is 9.59 Å². The minimum absolute atomic E-state index is 0.0409. The van der Waals surface area contributed by atoms with Gasteiger partial charge in [0.2, 0.25) is 11.8 Å². The summed E-state index contributed by atoms with van der Waals surface area (Å²) < 4.78 is 0. The van der Waals surface area contributed by atoms with Gasteiger partial charge in [0.1, 0.15) is 0 Å². The Kier molecular flexibility index (Phi) is 5.52. The van der Waals surface area contributed by atoms with E-state index in [-0.39, 0.29) is 5.91 Å². The normalized spacial score (nSPS) is 10.6. The number of carbonyl (C=O) groups excluding carboxylic acids is 2. The van der Waals surface area contributed by atoms with Crippen LogP contribution in [0, 0.1) is 0 Å². The van der Waals surface area contributed by atoms with Gasteiger partial charge in [-0.25, -0.2) is 0 Å². The maximum Gasteiger partial charge on any atom is 0.248 e. The number of nitrogens with zero attached hydrogens (tertiary/aromatic N) is 2. The van der Waals surface area contributed by atoms with E-state index in [0.717, 1.165) is 12.1 Å². The Bertz CT molecular complexity index is 500. The summed E-state index contributed by atoms with van der Waals surface area (Å²) in [4.78, 5) is 26.3. The molecular weight excluding hydrogens is 256 g/mol. The lowest BCUT2D eigenvalue weighted by Crippen LogP contribution is -2.36. The number of primary amides is 1. The summed E-state index contributed by atoms with van der Waals surface area (Å²) in [5, 5.41) is 0. The van der Waals surface area contributed by atoms with Crippen molar-refractivity contribution >= 4 is 17.5 Å². The monoisotopic (exact) mass is 278 g/mol. The van der Waals surface area contributed by atoms with Crippen molar-refractivity contribution in [2.45, 2.75) is 13.5 Å². The number of benzene rings is 1. The van der Waals surface area contributed by atoms with Gasteiger partial charge in [0.25, 0.3) is 0 Å². The zero-order chi connectivity index (χ0) is 15.3. The van der Waals surface area contributed by atoms with Crippen molar-refractivity contribution in [2.75, 3.05) is 32.9 Å². The summed E-state index contributed by atoms with van der Waals surface area (Å²) >= 11 is 0. The maximum absolute atomic E-state index is 11.7. The fraction of sp³-hybridized carbons (Fsp3) is 0.429. The highest BCUT2D eigenvalue weighted by Gasteiger charge is 2.13. The molecule has 0 heterocycles. The molecule has 1 aromatic carbocycles. The second kappa shape index (κ2) is 6.91. The highest BCUT2D eigenvalue weighted by atomic mass is 16.2. The van der Waals surface area contributed by atoms with Crippen molar-refractivity contribution in [3.05, 3.63) is 29.3 Å². The Hall–Kier alpha value is -2.08. The standard InChI is InChI=1S/C14H22N4O2/c1-4-18(9-13(19)17(2)3)8-11-6-5-10(14(16)20)7-12(11)15/h5-7H,4,8-9,15H2,1-3H3,(H2,16,20). The Morgan fingerprint density at radius 2 is 1.90 bits per heavy atom. The second-order valence-corrected chi connectivity index (χ2v) is 4.87. The van der Waals surface area contributed by atoms with Gasteiger partial charge in [0.15, 0.2) is 0 Å². The number of nitrogen functional groups attached to an aromatic ring is 1. The maximum atomic E-state index is 11.7. The van der Waals surface area contributed by atoms with Gasteiger partial charge in [-0.3, -0.25) is 14.5 Å². The van der Waals surface area contributed by atoms with Crippen LogP contribution < -0.4 is 11.5 Å². The van der Waals surface area contributed by atoms with Crippen LogP contribution in [0.5, 0.6) is 0 Å². The summed E-state index contributed by atoms with van der Waals surface area (Å²) in [5.74, 6) is -0.461. The van der Waals surface area contributed by atoms with Crippen molar-refractivity contribution in [3.8, 4) is 0 Å². The number of anilines is 1. The topological polar surface area (TPSA) is 92.7 Å². The summed E-state index contributed by atoms with van der Waals surface area (Å²) in [5.41, 5.74) is 12.9. The molecule has 0 spiro atoms. The number of amides is 2. The third kappa shape index (κ3) is 4.24. The molecule has 20 heavy (non-hydrogen) atoms. The summed E-state index contributed by atoms with van der Waals surface area (Å²) in [6.45, 7) is 3.61. The molecule has 0 unspecified atom stereocenters. The smallest absolute Gasteiger partial charge is 0.248 e. The molecule has 6 heteroatoms. The quantitative estimate of drug-likeness (QED) is 0.731. The van der Waals surface area contributed by atoms with E-state index in [1.54, 1.807) is 37.2 Å². The van der Waals surface area contributed by atoms with Crippen LogP contribution in [0.3, 0.4) is 0 Å². The Morgan fingerprint density at radius 1 is 1.25 bits per heavy atom. The molecule has 110 valence electrons. The average Bonchev–Trinajstić information content (AvgIpc) is 2.39. The highest BCUT2D eigenvalue weighted by molar-refractivity contribution is 5.93. The molecule has 0 aliphatic rings. The van der Waals surface area contributed by atoms with E-state index < -0.39 is 5.91 Å². The molecule has 4 N–H and O–H groups in total. The molecule has 6 nitrogen and oxygen atoms in total. The molecule has 0 aliphatic carbocycles. The molecular formula is C14H22N4O2. The fourth-order valence-corrected chi connectivity index (χ4v) is 1.75. The van der Waals surface area contributed by atoms with Crippen LogP contribution in [0.4, 0.5) is 5.69 Å². The van der Waals surface area contributed by atoms with Gasteiger partial charge in [0, 0.05) is 31.9 Å². The molecule has 1 aromatic rings. The third-order valence-corrected chi connectivity index (χ3v) is 3.13. The number of rotatable bonds is 6. The lowest BCUT2D eigenvalue weighted by molar-refractivity contribution is -0.130. The number of likely N-dealkylation sites (N-methyl/N-ethyl adjacent to an activating group) is 2. The Labute approximate surface area is 119 Å². The van der Waals surface area contributed by atoms with Gasteiger partial charge in [-0.05, 0) is 24.2 Å². The lowest BCUT2D eigenvalue weighted by Gasteiger charge is -2.22. The summed E-state index contributed by atoms with van der Waals surface area (Å²) in [7, 11) is 3.46. The van der Waals surface area contributed by atoms with E-state index in [1.807, 2.05) is 11.8 Å². The first-order valence-electron chi connectivity index (χ1n) is 6.45. The van der Waals surface area contributed by atoms with E-state index in [2.05, 4.69) is 0 Å². The molecule has 0 aromatic heterocycles. The van der Waals surface area contributed by atoms with Crippen molar-refractivity contribution in [2.24, 2.45) is 5.73 Å². The van der Waals surface area contributed by atoms with Crippen LogP contribution >= 0.6 is 0 Å². The van der Waals surface area contributed by atoms with Gasteiger partial charge in [-0.1, -0.05) is 13.0 Å². The van der Waals surface area contributed by atoms with Crippen LogP contribution in [-0.4, -0.2) is 48.8 Å². The Balaban J connectivity index is 2.80. The van der Waals surface area contributed by atoms with Crippen LogP contribution in [0.2, 0.25) is 0 Å². The fourth-order valence-electron chi connectivity index (χ4n) is 1.75. The zero-order valence-corrected chi connectivity index (χ0v) is 12.2. The summed E-state index contributed by atoms with van der Waals surface area (Å²) in [6, 6.07) is 4.99. The predicted octanol–water partition coefficient (Wildman–Crippen LogP) is 0.278. The number of nitrogens with two attached hydrogens (primary N) is 2. The number of hydrogen-bond acceptors (Lipinski definition) is 4. The van der Waals surface area contributed by atoms with Gasteiger partial charge in [0.05, 0.1) is 6.54 Å². The number of hydrogen-bond donors (Lipinski definition) is 2. The van der Waals surface area contributed by atoms with E-state index in [1.165, 1.54) is 0 Å². The van der Waals surface area contributed by atoms with Gasteiger partial charge in [-0.2, -0.15) is 0 Å². The lowest BCUT2D eigenvalue weighted by atomic mass is 10.1. The van der Waals surface area contributed by atoms with E-state index >= 15 is 0 Å². The average molecular weight is 278 g/mol. The van der Waals surface area contributed by atoms with Crippen LogP contribution in [0.15, 0.2) is 18.2 Å². The van der Waals surface area contributed by atoms with E-state index in [9.17, 15) is 9.59 Å². The molecule has 1 rings (SSSR count). The largest absolute Gasteiger partial charge is 0.398 e. The Morgan fingerprint density at radius 3 is 2.35 bits per heavy atom. The second-order valence-electron chi connectivity index (χ2n) is 4.87. The van der Waals surface area contributed by atoms with Crippen LogP contribution in [0.1, 0.15) is 22.8 Å². The first-order chi connectivity index (χ1) is 9.35. The van der Waals surface area contributed by atoms with Crippen molar-refractivity contribution in [1.29, 1.82) is 0 Å². The molecule has 2 amide bonds. The van der Waals surface area contributed by atoms with E-state index in [0.29, 0.717) is 24.3 Å². The van der Waals surface area contributed by atoms with Crippen molar-refractivity contribution in [1.82, 2.24) is 9.80 Å². The van der Waals surface area contributed by atoms with Crippen LogP contribution in [-0.2, 0) is 11.3 Å². The first-order valence-corrected chi connectivity index (χ1v) is 6.45. The minimum Gasteiger partial charge on any atom is -0.398 e. The minimum atomic E-state index is -0.501. The molecule has 0 atom stereocenters. The molecule has 0 aliphatic heterocycles. The molecule has 0 saturated carbocycles. The molecule has 0 saturated heterocycles. The zero-order valence-electron chi connectivity index (χ0n) is 12.2. The molecule has 0 radical (unpaired) electrons. The van der Waals surface area contributed by atoms with Gasteiger partial charge in [-0.15, -0.1) is 0 Å². The summed E-state index contributed by atoms with van der Waals surface area (Å²) in [6.07, 6.45) is 0. The van der Waals surface area contributed by atoms with E-state index in [4.69, 9.17) is 11.5 Å². The molecule has 0 bridgehead atoms. The van der Waals surface area contributed by atoms with Gasteiger partial charge < -0.3 is 16.4 Å². The van der Waals surface area contributed by atoms with Crippen molar-refractivity contribution in [3.63, 3.8) is 0 Å². The number of carbonyl (C=O) groups is 2. The predicted molar refractivity (Wildman–Crippen MR) is 79.0 cm³/mol. The van der Waals surface area contributed by atoms with Gasteiger partial charge >= 0.3 is 0 Å². The SMILES string of the molecule is CCN(CC(=O)N(C)C)Cc1ccc(C(N)=O)cc1N. The third-order valence-electron chi connectivity index (χ3n) is 3.13. The molecule has 0 fully saturated rings. The highest BCUT2D eigenvalue weighted by Crippen LogP contribution is 2.16. The van der Waals surface area contributed by atoms with Crippen LogP contribution in [0.25, 0.3) is 0 Å². The first kappa shape index (κ1) is 16.0.